The molecule has 182 valence electrons. The third-order valence-corrected chi connectivity index (χ3v) is 5.25. The maximum absolute atomic E-state index is 13.3. The fraction of sp³-hybridized carbons (Fsp3) is 0.0909. The summed E-state index contributed by atoms with van der Waals surface area (Å²) in [6.07, 6.45) is -3.34. The number of carbonyl (C=O) groups is 1. The largest absolute Gasteiger partial charge is 0.417 e. The van der Waals surface area contributed by atoms with E-state index >= 15 is 0 Å². The highest BCUT2D eigenvalue weighted by atomic mass is 35.5. The van der Waals surface area contributed by atoms with Crippen LogP contribution in [0.15, 0.2) is 64.3 Å². The molecule has 35 heavy (non-hydrogen) atoms. The normalized spacial score (nSPS) is 11.1. The lowest BCUT2D eigenvalue weighted by Crippen LogP contribution is -2.33. The number of benzene rings is 2. The molecule has 0 bridgehead atoms. The average Bonchev–Trinajstić information content (AvgIpc) is 2.79. The fourth-order valence-electron chi connectivity index (χ4n) is 3.32. The van der Waals surface area contributed by atoms with E-state index in [1.807, 2.05) is 0 Å². The van der Waals surface area contributed by atoms with Gasteiger partial charge in [0.05, 0.1) is 27.2 Å². The van der Waals surface area contributed by atoms with E-state index in [9.17, 15) is 27.6 Å². The summed E-state index contributed by atoms with van der Waals surface area (Å²) in [6.45, 7) is 0. The lowest BCUT2D eigenvalue weighted by molar-refractivity contribution is -0.137. The molecule has 0 saturated carbocycles. The number of halogens is 5. The smallest absolute Gasteiger partial charge is 0.355 e. The molecular weight excluding hydrogens is 510 g/mol. The minimum atomic E-state index is -4.77. The number of amides is 1. The number of hydrogen-bond donors (Lipinski definition) is 3. The van der Waals surface area contributed by atoms with Crippen LogP contribution < -0.4 is 21.9 Å². The molecule has 8 nitrogen and oxygen atoms in total. The van der Waals surface area contributed by atoms with E-state index in [0.29, 0.717) is 22.0 Å². The molecular formula is C22H16Cl2F3N5O3. The molecule has 0 aliphatic heterocycles. The summed E-state index contributed by atoms with van der Waals surface area (Å²) >= 11 is 5.65. The van der Waals surface area contributed by atoms with Gasteiger partial charge in [0.15, 0.2) is 0 Å². The third kappa shape index (κ3) is 5.15. The second-order valence-corrected chi connectivity index (χ2v) is 7.53. The summed E-state index contributed by atoms with van der Waals surface area (Å²) in [5, 5.41) is 4.98. The predicted octanol–water partition coefficient (Wildman–Crippen LogP) is 4.27. The van der Waals surface area contributed by atoms with Crippen LogP contribution in [0.2, 0.25) is 5.02 Å². The monoisotopic (exact) mass is 525 g/mol. The first-order chi connectivity index (χ1) is 16.1. The Kier molecular flexibility index (Phi) is 7.22. The SMILES string of the molecule is CNC(=O)c1cc(Nc2ccc3[nH]c(=O)n(-c4ccc(Cl)c(C(F)(F)F)c4)c(=O)c3c2)ccn1.Cl. The van der Waals surface area contributed by atoms with Gasteiger partial charge in [-0.1, -0.05) is 11.6 Å². The highest BCUT2D eigenvalue weighted by molar-refractivity contribution is 6.31. The van der Waals surface area contributed by atoms with Crippen molar-refractivity contribution in [2.45, 2.75) is 6.18 Å². The summed E-state index contributed by atoms with van der Waals surface area (Å²) in [5.41, 5.74) is -1.87. The molecule has 0 aliphatic carbocycles. The molecule has 0 spiro atoms. The maximum Gasteiger partial charge on any atom is 0.417 e. The standard InChI is InChI=1S/C22H15ClF3N5O3.ClH/c1-27-19(32)18-9-12(6-7-28-18)29-11-2-5-17-14(8-11)20(33)31(21(34)30-17)13-3-4-16(23)15(10-13)22(24,25)26;/h2-10H,1H3,(H,27,32)(H,28,29)(H,30,34);1H. The van der Waals surface area contributed by atoms with Crippen molar-refractivity contribution < 1.29 is 18.0 Å². The predicted molar refractivity (Wildman–Crippen MR) is 128 cm³/mol. The average molecular weight is 526 g/mol. The molecule has 0 radical (unpaired) electrons. The van der Waals surface area contributed by atoms with E-state index < -0.39 is 28.0 Å². The molecule has 13 heteroatoms. The van der Waals surface area contributed by atoms with Gasteiger partial charge in [-0.3, -0.25) is 14.6 Å². The van der Waals surface area contributed by atoms with Crippen LogP contribution in [0, 0.1) is 0 Å². The number of alkyl halides is 3. The number of hydrogen-bond acceptors (Lipinski definition) is 5. The van der Waals surface area contributed by atoms with Crippen molar-refractivity contribution in [3.05, 3.63) is 91.8 Å². The highest BCUT2D eigenvalue weighted by Gasteiger charge is 2.33. The Morgan fingerprint density at radius 3 is 2.46 bits per heavy atom. The molecule has 0 unspecified atom stereocenters. The second-order valence-electron chi connectivity index (χ2n) is 7.13. The van der Waals surface area contributed by atoms with Crippen molar-refractivity contribution in [2.75, 3.05) is 12.4 Å². The minimum absolute atomic E-state index is 0. The first-order valence-corrected chi connectivity index (χ1v) is 10.1. The van der Waals surface area contributed by atoms with Gasteiger partial charge in [0.1, 0.15) is 5.69 Å². The Bertz CT molecular complexity index is 1550. The molecule has 0 aliphatic rings. The zero-order chi connectivity index (χ0) is 24.6. The van der Waals surface area contributed by atoms with Gasteiger partial charge < -0.3 is 15.6 Å². The van der Waals surface area contributed by atoms with Crippen LogP contribution in [0.4, 0.5) is 24.5 Å². The number of rotatable bonds is 4. The Hall–Kier alpha value is -3.83. The molecule has 0 saturated heterocycles. The second kappa shape index (κ2) is 9.80. The molecule has 2 aromatic heterocycles. The molecule has 0 atom stereocenters. The molecule has 0 fully saturated rings. The summed E-state index contributed by atoms with van der Waals surface area (Å²) in [5.74, 6) is -0.385. The number of nitrogens with one attached hydrogen (secondary N) is 3. The van der Waals surface area contributed by atoms with Crippen LogP contribution in [0.25, 0.3) is 16.6 Å². The fourth-order valence-corrected chi connectivity index (χ4v) is 3.55. The van der Waals surface area contributed by atoms with Gasteiger partial charge >= 0.3 is 11.9 Å². The molecule has 1 amide bonds. The molecule has 2 heterocycles. The first kappa shape index (κ1) is 25.8. The van der Waals surface area contributed by atoms with Crippen molar-refractivity contribution in [2.24, 2.45) is 0 Å². The number of anilines is 2. The molecule has 3 N–H and O–H groups in total. The van der Waals surface area contributed by atoms with E-state index in [1.165, 1.54) is 31.4 Å². The number of aromatic amines is 1. The van der Waals surface area contributed by atoms with Crippen molar-refractivity contribution in [3.8, 4) is 5.69 Å². The zero-order valence-corrected chi connectivity index (χ0v) is 19.3. The van der Waals surface area contributed by atoms with Crippen molar-refractivity contribution in [1.29, 1.82) is 0 Å². The highest BCUT2D eigenvalue weighted by Crippen LogP contribution is 2.35. The zero-order valence-electron chi connectivity index (χ0n) is 17.7. The van der Waals surface area contributed by atoms with E-state index in [-0.39, 0.29) is 40.6 Å². The van der Waals surface area contributed by atoms with Gasteiger partial charge in [0.25, 0.3) is 11.5 Å². The molecule has 4 rings (SSSR count). The van der Waals surface area contributed by atoms with Crippen molar-refractivity contribution in [1.82, 2.24) is 19.9 Å². The van der Waals surface area contributed by atoms with Gasteiger partial charge in [-0.25, -0.2) is 9.36 Å². The van der Waals surface area contributed by atoms with Crippen LogP contribution >= 0.6 is 24.0 Å². The lowest BCUT2D eigenvalue weighted by atomic mass is 10.1. The Morgan fingerprint density at radius 1 is 1.06 bits per heavy atom. The van der Waals surface area contributed by atoms with Crippen LogP contribution in [-0.2, 0) is 6.18 Å². The summed E-state index contributed by atoms with van der Waals surface area (Å²) in [6, 6.07) is 10.4. The van der Waals surface area contributed by atoms with Gasteiger partial charge in [-0.2, -0.15) is 13.2 Å². The Balaban J connectivity index is 0.00000342. The van der Waals surface area contributed by atoms with Crippen LogP contribution in [0.1, 0.15) is 16.1 Å². The lowest BCUT2D eigenvalue weighted by Gasteiger charge is -2.13. The van der Waals surface area contributed by atoms with E-state index in [2.05, 4.69) is 20.6 Å². The Morgan fingerprint density at radius 2 is 1.77 bits per heavy atom. The maximum atomic E-state index is 13.3. The van der Waals surface area contributed by atoms with E-state index in [0.717, 1.165) is 12.1 Å². The van der Waals surface area contributed by atoms with Crippen LogP contribution in [0.3, 0.4) is 0 Å². The number of aromatic nitrogens is 3. The number of carbonyl (C=O) groups excluding carboxylic acids is 1. The summed E-state index contributed by atoms with van der Waals surface area (Å²) < 4.78 is 40.4. The van der Waals surface area contributed by atoms with Crippen molar-refractivity contribution >= 4 is 52.2 Å². The van der Waals surface area contributed by atoms with E-state index in [1.54, 1.807) is 12.1 Å². The quantitative estimate of drug-likeness (QED) is 0.368. The summed E-state index contributed by atoms with van der Waals surface area (Å²) in [7, 11) is 1.47. The number of fused-ring (bicyclic) bond motifs is 1. The third-order valence-electron chi connectivity index (χ3n) is 4.92. The Labute approximate surface area is 206 Å². The van der Waals surface area contributed by atoms with Crippen LogP contribution in [0.5, 0.6) is 0 Å². The van der Waals surface area contributed by atoms with Crippen molar-refractivity contribution in [3.63, 3.8) is 0 Å². The summed E-state index contributed by atoms with van der Waals surface area (Å²) in [4.78, 5) is 43.9. The molecule has 2 aromatic carbocycles. The topological polar surface area (TPSA) is 109 Å². The number of nitrogens with zero attached hydrogens (tertiary/aromatic N) is 2. The molecule has 4 aromatic rings. The van der Waals surface area contributed by atoms with Gasteiger partial charge in [0.2, 0.25) is 0 Å². The van der Waals surface area contributed by atoms with Gasteiger partial charge in [-0.15, -0.1) is 12.4 Å². The number of pyridine rings is 1. The van der Waals surface area contributed by atoms with E-state index in [4.69, 9.17) is 11.6 Å². The van der Waals surface area contributed by atoms with Gasteiger partial charge in [0, 0.05) is 24.6 Å². The number of H-pyrrole nitrogens is 1. The first-order valence-electron chi connectivity index (χ1n) is 9.70. The van der Waals surface area contributed by atoms with Crippen LogP contribution in [-0.4, -0.2) is 27.5 Å². The minimum Gasteiger partial charge on any atom is -0.355 e. The van der Waals surface area contributed by atoms with Gasteiger partial charge in [-0.05, 0) is 48.5 Å².